The van der Waals surface area contributed by atoms with Gasteiger partial charge in [-0.25, -0.2) is 18.6 Å². The van der Waals surface area contributed by atoms with Gasteiger partial charge >= 0.3 is 5.97 Å². The SMILES string of the molecule is O=C(O)c1nc(COc2cc(F)cc(F)c2)cs1. The average Bonchev–Trinajstić information content (AvgIpc) is 2.73. The lowest BCUT2D eigenvalue weighted by Crippen LogP contribution is -1.99. The van der Waals surface area contributed by atoms with E-state index in [1.807, 2.05) is 0 Å². The number of halogens is 2. The summed E-state index contributed by atoms with van der Waals surface area (Å²) in [5, 5.41) is 10.1. The number of carbonyl (C=O) groups is 1. The topological polar surface area (TPSA) is 59.4 Å². The van der Waals surface area contributed by atoms with E-state index in [4.69, 9.17) is 9.84 Å². The van der Waals surface area contributed by atoms with Gasteiger partial charge in [-0.05, 0) is 0 Å². The van der Waals surface area contributed by atoms with Crippen molar-refractivity contribution in [1.29, 1.82) is 0 Å². The zero-order chi connectivity index (χ0) is 13.1. The van der Waals surface area contributed by atoms with Gasteiger partial charge in [-0.3, -0.25) is 0 Å². The Hall–Kier alpha value is -2.02. The van der Waals surface area contributed by atoms with Crippen LogP contribution in [-0.4, -0.2) is 16.1 Å². The molecule has 0 aliphatic heterocycles. The van der Waals surface area contributed by atoms with Gasteiger partial charge < -0.3 is 9.84 Å². The van der Waals surface area contributed by atoms with Crippen LogP contribution in [0.25, 0.3) is 0 Å². The van der Waals surface area contributed by atoms with E-state index in [1.54, 1.807) is 0 Å². The highest BCUT2D eigenvalue weighted by Crippen LogP contribution is 2.17. The molecule has 18 heavy (non-hydrogen) atoms. The first kappa shape index (κ1) is 12.4. The lowest BCUT2D eigenvalue weighted by molar-refractivity contribution is 0.0696. The van der Waals surface area contributed by atoms with E-state index in [0.717, 1.165) is 29.5 Å². The highest BCUT2D eigenvalue weighted by atomic mass is 32.1. The van der Waals surface area contributed by atoms with Crippen LogP contribution in [0.4, 0.5) is 8.78 Å². The molecule has 4 nitrogen and oxygen atoms in total. The molecular formula is C11H7F2NO3S. The first-order chi connectivity index (χ1) is 8.54. The Kier molecular flexibility index (Phi) is 3.52. The molecule has 1 aromatic heterocycles. The molecule has 0 spiro atoms. The van der Waals surface area contributed by atoms with Gasteiger partial charge in [-0.15, -0.1) is 11.3 Å². The molecule has 94 valence electrons. The van der Waals surface area contributed by atoms with Crippen LogP contribution in [-0.2, 0) is 6.61 Å². The fraction of sp³-hybridized carbons (Fsp3) is 0.0909. The van der Waals surface area contributed by atoms with E-state index in [-0.39, 0.29) is 17.4 Å². The van der Waals surface area contributed by atoms with Gasteiger partial charge in [-0.1, -0.05) is 0 Å². The van der Waals surface area contributed by atoms with Gasteiger partial charge in [0, 0.05) is 23.6 Å². The van der Waals surface area contributed by atoms with Crippen molar-refractivity contribution >= 4 is 17.3 Å². The number of thiazole rings is 1. The van der Waals surface area contributed by atoms with Crippen molar-refractivity contribution in [3.8, 4) is 5.75 Å². The minimum Gasteiger partial charge on any atom is -0.487 e. The fourth-order valence-corrected chi connectivity index (χ4v) is 1.88. The molecule has 0 bridgehead atoms. The number of rotatable bonds is 4. The van der Waals surface area contributed by atoms with Crippen molar-refractivity contribution in [2.75, 3.05) is 0 Å². The largest absolute Gasteiger partial charge is 0.487 e. The average molecular weight is 271 g/mol. The van der Waals surface area contributed by atoms with Gasteiger partial charge in [0.25, 0.3) is 0 Å². The molecule has 0 aliphatic rings. The van der Waals surface area contributed by atoms with Crippen molar-refractivity contribution < 1.29 is 23.4 Å². The molecule has 1 aromatic carbocycles. The minimum atomic E-state index is -1.12. The Bertz CT molecular complexity index is 565. The summed E-state index contributed by atoms with van der Waals surface area (Å²) in [6.45, 7) is -0.0489. The number of ether oxygens (including phenoxy) is 1. The van der Waals surface area contributed by atoms with E-state index in [9.17, 15) is 13.6 Å². The van der Waals surface area contributed by atoms with Gasteiger partial charge in [0.15, 0.2) is 0 Å². The van der Waals surface area contributed by atoms with Gasteiger partial charge in [0.05, 0.1) is 5.69 Å². The molecule has 0 fully saturated rings. The second kappa shape index (κ2) is 5.09. The fourth-order valence-electron chi connectivity index (χ4n) is 1.24. The predicted octanol–water partition coefficient (Wildman–Crippen LogP) is 2.70. The van der Waals surface area contributed by atoms with E-state index >= 15 is 0 Å². The maximum Gasteiger partial charge on any atom is 0.365 e. The monoisotopic (exact) mass is 271 g/mol. The first-order valence-electron chi connectivity index (χ1n) is 4.81. The highest BCUT2D eigenvalue weighted by Gasteiger charge is 2.09. The number of nitrogens with zero attached hydrogens (tertiary/aromatic N) is 1. The Balaban J connectivity index is 2.04. The molecule has 0 saturated heterocycles. The van der Waals surface area contributed by atoms with Crippen LogP contribution >= 0.6 is 11.3 Å². The van der Waals surface area contributed by atoms with Crippen LogP contribution in [0, 0.1) is 11.6 Å². The minimum absolute atomic E-state index is 0.0253. The van der Waals surface area contributed by atoms with Crippen LogP contribution in [0.2, 0.25) is 0 Å². The van der Waals surface area contributed by atoms with Crippen LogP contribution in [0.5, 0.6) is 5.75 Å². The molecule has 1 heterocycles. The highest BCUT2D eigenvalue weighted by molar-refractivity contribution is 7.11. The van der Waals surface area contributed by atoms with Crippen molar-refractivity contribution in [3.63, 3.8) is 0 Å². The zero-order valence-electron chi connectivity index (χ0n) is 8.89. The molecular weight excluding hydrogens is 264 g/mol. The number of aromatic nitrogens is 1. The summed E-state index contributed by atoms with van der Waals surface area (Å²) in [5.74, 6) is -2.58. The molecule has 1 N–H and O–H groups in total. The summed E-state index contributed by atoms with van der Waals surface area (Å²) in [5.41, 5.74) is 0.391. The van der Waals surface area contributed by atoms with Crippen LogP contribution in [0.3, 0.4) is 0 Å². The lowest BCUT2D eigenvalue weighted by atomic mass is 10.3. The number of aromatic carboxylic acids is 1. The molecule has 0 saturated carbocycles. The second-order valence-electron chi connectivity index (χ2n) is 3.34. The molecule has 0 unspecified atom stereocenters. The lowest BCUT2D eigenvalue weighted by Gasteiger charge is -2.04. The van der Waals surface area contributed by atoms with Crippen molar-refractivity contribution in [3.05, 3.63) is 45.9 Å². The number of carboxylic acid groups (broad SMARTS) is 1. The first-order valence-corrected chi connectivity index (χ1v) is 5.69. The molecule has 0 radical (unpaired) electrons. The normalized spacial score (nSPS) is 10.3. The Morgan fingerprint density at radius 2 is 2.00 bits per heavy atom. The van der Waals surface area contributed by atoms with Crippen molar-refractivity contribution in [1.82, 2.24) is 4.98 Å². The second-order valence-corrected chi connectivity index (χ2v) is 4.20. The number of hydrogen-bond donors (Lipinski definition) is 1. The third-order valence-electron chi connectivity index (χ3n) is 1.96. The van der Waals surface area contributed by atoms with Gasteiger partial charge in [0.2, 0.25) is 5.01 Å². The Morgan fingerprint density at radius 3 is 2.56 bits per heavy atom. The smallest absolute Gasteiger partial charge is 0.365 e. The van der Waals surface area contributed by atoms with Crippen LogP contribution < -0.4 is 4.74 Å². The Morgan fingerprint density at radius 1 is 1.33 bits per heavy atom. The standard InChI is InChI=1S/C11H7F2NO3S/c12-6-1-7(13)3-9(2-6)17-4-8-5-18-10(14-8)11(15)16/h1-3,5H,4H2,(H,15,16). The summed E-state index contributed by atoms with van der Waals surface area (Å²) < 4.78 is 30.8. The van der Waals surface area contributed by atoms with E-state index in [2.05, 4.69) is 4.98 Å². The summed E-state index contributed by atoms with van der Waals surface area (Å²) in [7, 11) is 0. The summed E-state index contributed by atoms with van der Waals surface area (Å²) >= 11 is 0.960. The number of hydrogen-bond acceptors (Lipinski definition) is 4. The van der Waals surface area contributed by atoms with Crippen LogP contribution in [0.15, 0.2) is 23.6 Å². The van der Waals surface area contributed by atoms with Crippen molar-refractivity contribution in [2.45, 2.75) is 6.61 Å². The van der Waals surface area contributed by atoms with Gasteiger partial charge in [-0.2, -0.15) is 0 Å². The van der Waals surface area contributed by atoms with Crippen molar-refractivity contribution in [2.24, 2.45) is 0 Å². The quantitative estimate of drug-likeness (QED) is 0.928. The van der Waals surface area contributed by atoms with E-state index in [0.29, 0.717) is 5.69 Å². The molecule has 2 aromatic rings. The molecule has 7 heteroatoms. The van der Waals surface area contributed by atoms with E-state index in [1.165, 1.54) is 5.38 Å². The predicted molar refractivity (Wildman–Crippen MR) is 59.8 cm³/mol. The number of benzene rings is 1. The summed E-state index contributed by atoms with van der Waals surface area (Å²) in [6.07, 6.45) is 0. The Labute approximate surface area is 104 Å². The number of carboxylic acids is 1. The van der Waals surface area contributed by atoms with Crippen LogP contribution in [0.1, 0.15) is 15.5 Å². The maximum absolute atomic E-state index is 12.9. The molecule has 0 atom stereocenters. The third kappa shape index (κ3) is 3.01. The van der Waals surface area contributed by atoms with E-state index < -0.39 is 17.6 Å². The molecule has 0 amide bonds. The zero-order valence-corrected chi connectivity index (χ0v) is 9.71. The maximum atomic E-state index is 12.9. The summed E-state index contributed by atoms with van der Waals surface area (Å²) in [6, 6.07) is 2.80. The molecule has 2 rings (SSSR count). The third-order valence-corrected chi connectivity index (χ3v) is 2.84. The summed E-state index contributed by atoms with van der Waals surface area (Å²) in [4.78, 5) is 14.4. The van der Waals surface area contributed by atoms with Gasteiger partial charge in [0.1, 0.15) is 24.0 Å². The molecule has 0 aliphatic carbocycles.